The van der Waals surface area contributed by atoms with E-state index in [1.807, 2.05) is 18.2 Å². The Balaban J connectivity index is 0.000000178. The lowest BCUT2D eigenvalue weighted by Crippen LogP contribution is -2.05. The second-order valence-electron chi connectivity index (χ2n) is 10.5. The van der Waals surface area contributed by atoms with Crippen LogP contribution in [0.1, 0.15) is 52.7 Å². The average Bonchev–Trinajstić information content (AvgIpc) is 3.47. The Morgan fingerprint density at radius 2 is 1.07 bits per heavy atom. The van der Waals surface area contributed by atoms with Crippen LogP contribution in [-0.2, 0) is 0 Å². The lowest BCUT2D eigenvalue weighted by atomic mass is 9.98. The monoisotopic (exact) mass is 682 g/mol. The molecule has 4 aromatic carbocycles. The van der Waals surface area contributed by atoms with E-state index in [-0.39, 0.29) is 29.0 Å². The molecule has 6 aromatic rings. The molecule has 0 spiro atoms. The molecule has 0 bridgehead atoms. The number of halogens is 4. The summed E-state index contributed by atoms with van der Waals surface area (Å²) in [5.41, 5.74) is 3.36. The van der Waals surface area contributed by atoms with Crippen molar-refractivity contribution in [2.45, 2.75) is 27.7 Å². The van der Waals surface area contributed by atoms with Crippen LogP contribution in [0.3, 0.4) is 0 Å². The van der Waals surface area contributed by atoms with Crippen LogP contribution in [0.25, 0.3) is 20.2 Å². The summed E-state index contributed by atoms with van der Waals surface area (Å²) in [7, 11) is 1.59. The molecule has 0 aliphatic heterocycles. The van der Waals surface area contributed by atoms with Crippen LogP contribution in [0.4, 0.5) is 8.78 Å². The van der Waals surface area contributed by atoms with Gasteiger partial charge in [-0.2, -0.15) is 0 Å². The molecule has 0 aliphatic rings. The van der Waals surface area contributed by atoms with Crippen LogP contribution >= 0.6 is 45.9 Å². The molecule has 0 aliphatic carbocycles. The number of hydrogen-bond donors (Lipinski definition) is 1. The zero-order chi connectivity index (χ0) is 32.7. The molecule has 0 unspecified atom stereocenters. The molecule has 230 valence electrons. The van der Waals surface area contributed by atoms with Gasteiger partial charge in [0.05, 0.1) is 26.9 Å². The first-order valence-electron chi connectivity index (χ1n) is 13.6. The Morgan fingerprint density at radius 1 is 0.667 bits per heavy atom. The van der Waals surface area contributed by atoms with Gasteiger partial charge in [-0.15, -0.1) is 22.7 Å². The maximum atomic E-state index is 13.5. The fourth-order valence-electron chi connectivity index (χ4n) is 5.28. The van der Waals surface area contributed by atoms with Gasteiger partial charge in [0.25, 0.3) is 0 Å². The van der Waals surface area contributed by atoms with Gasteiger partial charge in [-0.25, -0.2) is 8.78 Å². The van der Waals surface area contributed by atoms with Gasteiger partial charge in [0.2, 0.25) is 11.6 Å². The second-order valence-corrected chi connectivity index (χ2v) is 13.4. The minimum Gasteiger partial charge on any atom is -0.508 e. The Labute approximate surface area is 276 Å². The average molecular weight is 684 g/mol. The number of methoxy groups -OCH3 is 1. The van der Waals surface area contributed by atoms with Crippen LogP contribution in [0.5, 0.6) is 11.5 Å². The van der Waals surface area contributed by atoms with Gasteiger partial charge in [0, 0.05) is 31.3 Å². The third-order valence-electron chi connectivity index (χ3n) is 7.31. The highest BCUT2D eigenvalue weighted by Crippen LogP contribution is 2.40. The van der Waals surface area contributed by atoms with Crippen LogP contribution < -0.4 is 4.74 Å². The number of carbonyl (C=O) groups excluding carboxylic acids is 2. The molecule has 10 heteroatoms. The van der Waals surface area contributed by atoms with Crippen molar-refractivity contribution in [1.29, 1.82) is 0 Å². The van der Waals surface area contributed by atoms with Crippen molar-refractivity contribution in [3.05, 3.63) is 125 Å². The van der Waals surface area contributed by atoms with Gasteiger partial charge >= 0.3 is 0 Å². The van der Waals surface area contributed by atoms with Gasteiger partial charge in [0.1, 0.15) is 23.1 Å². The molecule has 0 atom stereocenters. The third-order valence-corrected chi connectivity index (χ3v) is 10.6. The van der Waals surface area contributed by atoms with Crippen molar-refractivity contribution < 1.29 is 28.2 Å². The van der Waals surface area contributed by atoms with E-state index in [4.69, 9.17) is 27.9 Å². The minimum absolute atomic E-state index is 0.124. The molecule has 45 heavy (non-hydrogen) atoms. The van der Waals surface area contributed by atoms with Crippen LogP contribution in [-0.4, -0.2) is 23.8 Å². The topological polar surface area (TPSA) is 63.6 Å². The summed E-state index contributed by atoms with van der Waals surface area (Å²) in [4.78, 5) is 26.6. The molecule has 1 N–H and O–H groups in total. The van der Waals surface area contributed by atoms with Gasteiger partial charge in [0.15, 0.2) is 0 Å². The number of rotatable bonds is 5. The standard InChI is InChI=1S/C18H14ClFO2S.C17H12ClFO2S/c1-9-6-11(20)7-10(2)15(9)17(21)18-16(19)13-5-4-12(22-3)8-14(13)23-18;1-8-5-10(19)6-9(2)14(8)16(21)17-15(18)12-4-3-11(20)7-13(12)22-17/h4-8H,1-3H3;3-7,20H,1-2H3. The van der Waals surface area contributed by atoms with Crippen molar-refractivity contribution in [3.63, 3.8) is 0 Å². The first-order chi connectivity index (χ1) is 21.3. The highest BCUT2D eigenvalue weighted by molar-refractivity contribution is 7.22. The predicted molar refractivity (Wildman–Crippen MR) is 180 cm³/mol. The first kappa shape index (κ1) is 32.6. The lowest BCUT2D eigenvalue weighted by molar-refractivity contribution is 0.103. The lowest BCUT2D eigenvalue weighted by Gasteiger charge is -2.08. The Hall–Kier alpha value is -3.82. The largest absolute Gasteiger partial charge is 0.508 e. The number of phenolic OH excluding ortho intramolecular Hbond substituents is 1. The molecular formula is C35H26Cl2F2O4S2. The van der Waals surface area contributed by atoms with Gasteiger partial charge < -0.3 is 9.84 Å². The van der Waals surface area contributed by atoms with E-state index in [9.17, 15) is 23.5 Å². The summed E-state index contributed by atoms with van der Waals surface area (Å²) in [5, 5.41) is 11.9. The van der Waals surface area contributed by atoms with Crippen LogP contribution in [0.2, 0.25) is 10.0 Å². The number of fused-ring (bicyclic) bond motifs is 2. The minimum atomic E-state index is -0.362. The van der Waals surface area contributed by atoms with E-state index in [1.54, 1.807) is 46.9 Å². The maximum Gasteiger partial charge on any atom is 0.205 e. The zero-order valence-electron chi connectivity index (χ0n) is 24.8. The molecule has 0 fully saturated rings. The van der Waals surface area contributed by atoms with E-state index in [0.29, 0.717) is 58.9 Å². The molecular weight excluding hydrogens is 657 g/mol. The fraction of sp³-hybridized carbons (Fsp3) is 0.143. The molecule has 0 saturated carbocycles. The Kier molecular flexibility index (Phi) is 9.33. The zero-order valence-corrected chi connectivity index (χ0v) is 27.9. The SMILES string of the molecule is COc1ccc2c(Cl)c(C(=O)c3c(C)cc(F)cc3C)sc2c1.Cc1cc(F)cc(C)c1C(=O)c1sc2cc(O)ccc2c1Cl. The van der Waals surface area contributed by atoms with E-state index in [0.717, 1.165) is 20.2 Å². The highest BCUT2D eigenvalue weighted by Gasteiger charge is 2.23. The van der Waals surface area contributed by atoms with E-state index < -0.39 is 0 Å². The first-order valence-corrected chi connectivity index (χ1v) is 16.0. The number of carbonyl (C=O) groups is 2. The smallest absolute Gasteiger partial charge is 0.205 e. The Morgan fingerprint density at radius 3 is 1.49 bits per heavy atom. The number of ether oxygens (including phenoxy) is 1. The summed E-state index contributed by atoms with van der Waals surface area (Å²) in [6.07, 6.45) is 0. The quantitative estimate of drug-likeness (QED) is 0.184. The third kappa shape index (κ3) is 6.33. The molecule has 0 saturated heterocycles. The van der Waals surface area contributed by atoms with E-state index >= 15 is 0 Å². The van der Waals surface area contributed by atoms with Crippen molar-refractivity contribution in [2.24, 2.45) is 0 Å². The number of phenols is 1. The maximum absolute atomic E-state index is 13.5. The summed E-state index contributed by atoms with van der Waals surface area (Å²) in [6.45, 7) is 6.87. The van der Waals surface area contributed by atoms with Crippen molar-refractivity contribution in [1.82, 2.24) is 0 Å². The number of hydrogen-bond acceptors (Lipinski definition) is 6. The van der Waals surface area contributed by atoms with E-state index in [2.05, 4.69) is 0 Å². The molecule has 6 rings (SSSR count). The number of ketones is 2. The van der Waals surface area contributed by atoms with E-state index in [1.165, 1.54) is 53.0 Å². The van der Waals surface area contributed by atoms with Crippen LogP contribution in [0, 0.1) is 39.3 Å². The normalized spacial score (nSPS) is 11.0. The highest BCUT2D eigenvalue weighted by atomic mass is 35.5. The second kappa shape index (κ2) is 12.9. The number of thiophene rings is 2. The van der Waals surface area contributed by atoms with Crippen molar-refractivity contribution >= 4 is 77.6 Å². The number of benzene rings is 4. The van der Waals surface area contributed by atoms with Gasteiger partial charge in [-0.05, 0) is 111 Å². The Bertz CT molecular complexity index is 2100. The molecule has 4 nitrogen and oxygen atoms in total. The summed E-state index contributed by atoms with van der Waals surface area (Å²) < 4.78 is 33.7. The molecule has 2 heterocycles. The molecule has 0 radical (unpaired) electrons. The van der Waals surface area contributed by atoms with Gasteiger partial charge in [-0.3, -0.25) is 9.59 Å². The number of aryl methyl sites for hydroxylation is 4. The summed E-state index contributed by atoms with van der Waals surface area (Å²) >= 11 is 15.3. The molecule has 2 aromatic heterocycles. The number of aromatic hydroxyl groups is 1. The fourth-order valence-corrected chi connectivity index (χ4v) is 8.27. The summed E-state index contributed by atoms with van der Waals surface area (Å²) in [6, 6.07) is 15.7. The van der Waals surface area contributed by atoms with Gasteiger partial charge in [-0.1, -0.05) is 23.2 Å². The van der Waals surface area contributed by atoms with Crippen molar-refractivity contribution in [3.8, 4) is 11.5 Å². The van der Waals surface area contributed by atoms with Crippen LogP contribution in [0.15, 0.2) is 60.7 Å². The molecule has 0 amide bonds. The summed E-state index contributed by atoms with van der Waals surface area (Å²) in [5.74, 6) is -0.268. The van der Waals surface area contributed by atoms with Crippen molar-refractivity contribution in [2.75, 3.05) is 7.11 Å². The predicted octanol–water partition coefficient (Wildman–Crippen LogP) is 10.8.